The van der Waals surface area contributed by atoms with E-state index in [9.17, 15) is 9.18 Å². The lowest BCUT2D eigenvalue weighted by Gasteiger charge is -2.07. The van der Waals surface area contributed by atoms with Gasteiger partial charge in [-0.05, 0) is 64.8 Å². The Morgan fingerprint density at radius 1 is 1.16 bits per heavy atom. The Morgan fingerprint density at radius 2 is 1.89 bits per heavy atom. The van der Waals surface area contributed by atoms with E-state index in [0.29, 0.717) is 11.3 Å². The number of anilines is 1. The lowest BCUT2D eigenvalue weighted by molar-refractivity contribution is 0.102. The van der Waals surface area contributed by atoms with Crippen LogP contribution in [0.15, 0.2) is 45.3 Å². The van der Waals surface area contributed by atoms with Crippen molar-refractivity contribution in [2.24, 2.45) is 0 Å². The minimum absolute atomic E-state index is 0.269. The summed E-state index contributed by atoms with van der Waals surface area (Å²) in [5.41, 5.74) is 2.12. The van der Waals surface area contributed by atoms with Gasteiger partial charge in [-0.1, -0.05) is 15.9 Å². The molecule has 0 aliphatic heterocycles. The summed E-state index contributed by atoms with van der Waals surface area (Å²) in [6.45, 7) is 1.94. The molecule has 0 aromatic heterocycles. The van der Waals surface area contributed by atoms with Crippen LogP contribution in [0, 0.1) is 12.7 Å². The van der Waals surface area contributed by atoms with E-state index in [1.165, 1.54) is 18.2 Å². The van der Waals surface area contributed by atoms with Gasteiger partial charge in [0, 0.05) is 15.7 Å². The Labute approximate surface area is 127 Å². The van der Waals surface area contributed by atoms with Gasteiger partial charge in [0.15, 0.2) is 0 Å². The highest BCUT2D eigenvalue weighted by Crippen LogP contribution is 2.21. The number of hydrogen-bond donors (Lipinski definition) is 1. The molecule has 0 heterocycles. The van der Waals surface area contributed by atoms with E-state index in [1.54, 1.807) is 0 Å². The zero-order valence-corrected chi connectivity index (χ0v) is 13.2. The number of aryl methyl sites for hydroxylation is 1. The molecule has 1 amide bonds. The number of hydrogen-bond acceptors (Lipinski definition) is 1. The lowest BCUT2D eigenvalue weighted by Crippen LogP contribution is -2.12. The molecule has 2 aromatic rings. The summed E-state index contributed by atoms with van der Waals surface area (Å²) in [5, 5.41) is 2.77. The zero-order valence-electron chi connectivity index (χ0n) is 10.0. The van der Waals surface area contributed by atoms with Crippen molar-refractivity contribution in [1.29, 1.82) is 0 Å². The normalized spacial score (nSPS) is 10.3. The van der Waals surface area contributed by atoms with Crippen LogP contribution in [0.4, 0.5) is 10.1 Å². The van der Waals surface area contributed by atoms with Gasteiger partial charge in [-0.2, -0.15) is 0 Å². The predicted octanol–water partition coefficient (Wildman–Crippen LogP) is 4.91. The number of halogens is 3. The van der Waals surface area contributed by atoms with Gasteiger partial charge in [0.05, 0.1) is 4.47 Å². The highest BCUT2D eigenvalue weighted by atomic mass is 79.9. The molecule has 0 saturated heterocycles. The number of benzene rings is 2. The second kappa shape index (κ2) is 5.84. The maximum Gasteiger partial charge on any atom is 0.255 e. The molecule has 0 radical (unpaired) electrons. The number of amides is 1. The van der Waals surface area contributed by atoms with Gasteiger partial charge in [-0.15, -0.1) is 0 Å². The van der Waals surface area contributed by atoms with Crippen molar-refractivity contribution in [2.45, 2.75) is 6.92 Å². The summed E-state index contributed by atoms with van der Waals surface area (Å²) < 4.78 is 14.3. The molecule has 0 unspecified atom stereocenters. The summed E-state index contributed by atoms with van der Waals surface area (Å²) in [6, 6.07) is 9.77. The van der Waals surface area contributed by atoms with Gasteiger partial charge in [-0.25, -0.2) is 4.39 Å². The Hall–Kier alpha value is -1.20. The molecule has 0 saturated carbocycles. The molecular weight excluding hydrogens is 377 g/mol. The van der Waals surface area contributed by atoms with Crippen molar-refractivity contribution in [2.75, 3.05) is 5.32 Å². The monoisotopic (exact) mass is 385 g/mol. The SMILES string of the molecule is Cc1cc(Br)cc(NC(=O)c2ccc(F)c(Br)c2)c1. The van der Waals surface area contributed by atoms with E-state index >= 15 is 0 Å². The van der Waals surface area contributed by atoms with E-state index in [1.807, 2.05) is 25.1 Å². The minimum atomic E-state index is -0.394. The number of carbonyl (C=O) groups excluding carboxylic acids is 1. The van der Waals surface area contributed by atoms with Crippen molar-refractivity contribution < 1.29 is 9.18 Å². The molecular formula is C14H10Br2FNO. The van der Waals surface area contributed by atoms with E-state index in [0.717, 1.165) is 10.0 Å². The summed E-state index contributed by atoms with van der Waals surface area (Å²) in [4.78, 5) is 12.0. The van der Waals surface area contributed by atoms with Crippen LogP contribution >= 0.6 is 31.9 Å². The number of rotatable bonds is 2. The Morgan fingerprint density at radius 3 is 2.53 bits per heavy atom. The average molecular weight is 387 g/mol. The Balaban J connectivity index is 2.22. The van der Waals surface area contributed by atoms with E-state index in [4.69, 9.17) is 0 Å². The van der Waals surface area contributed by atoms with Crippen LogP contribution < -0.4 is 5.32 Å². The van der Waals surface area contributed by atoms with Crippen molar-refractivity contribution >= 4 is 43.5 Å². The molecule has 98 valence electrons. The molecule has 0 fully saturated rings. The molecule has 2 rings (SSSR count). The standard InChI is InChI=1S/C14H10Br2FNO/c1-8-4-10(15)7-11(5-8)18-14(19)9-2-3-13(17)12(16)6-9/h2-7H,1H3,(H,18,19). The molecule has 2 nitrogen and oxygen atoms in total. The third kappa shape index (κ3) is 3.64. The molecule has 1 N–H and O–H groups in total. The molecule has 0 aliphatic carbocycles. The second-order valence-corrected chi connectivity index (χ2v) is 5.87. The quantitative estimate of drug-likeness (QED) is 0.780. The summed E-state index contributed by atoms with van der Waals surface area (Å²) >= 11 is 6.43. The largest absolute Gasteiger partial charge is 0.322 e. The fourth-order valence-corrected chi connectivity index (χ4v) is 2.64. The van der Waals surface area contributed by atoms with Crippen molar-refractivity contribution in [3.05, 3.63) is 62.3 Å². The Bertz CT molecular complexity index is 623. The highest BCUT2D eigenvalue weighted by molar-refractivity contribution is 9.10. The van der Waals surface area contributed by atoms with Crippen molar-refractivity contribution in [1.82, 2.24) is 0 Å². The van der Waals surface area contributed by atoms with Crippen LogP contribution in [0.3, 0.4) is 0 Å². The predicted molar refractivity (Wildman–Crippen MR) is 80.9 cm³/mol. The fraction of sp³-hybridized carbons (Fsp3) is 0.0714. The third-order valence-corrected chi connectivity index (χ3v) is 3.55. The maximum absolute atomic E-state index is 13.1. The number of carbonyl (C=O) groups is 1. The molecule has 5 heteroatoms. The molecule has 2 aromatic carbocycles. The molecule has 0 spiro atoms. The van der Waals surface area contributed by atoms with Crippen LogP contribution in [-0.4, -0.2) is 5.91 Å². The topological polar surface area (TPSA) is 29.1 Å². The van der Waals surface area contributed by atoms with Crippen LogP contribution in [0.2, 0.25) is 0 Å². The molecule has 0 aliphatic rings. The summed E-state index contributed by atoms with van der Waals surface area (Å²) in [5.74, 6) is -0.673. The van der Waals surface area contributed by atoms with Crippen LogP contribution in [0.5, 0.6) is 0 Å². The molecule has 0 bridgehead atoms. The first-order valence-corrected chi connectivity index (χ1v) is 7.08. The lowest BCUT2D eigenvalue weighted by atomic mass is 10.2. The minimum Gasteiger partial charge on any atom is -0.322 e. The second-order valence-electron chi connectivity index (χ2n) is 4.10. The van der Waals surface area contributed by atoms with Gasteiger partial charge >= 0.3 is 0 Å². The average Bonchev–Trinajstić information content (AvgIpc) is 2.31. The highest BCUT2D eigenvalue weighted by Gasteiger charge is 2.09. The maximum atomic E-state index is 13.1. The van der Waals surface area contributed by atoms with Gasteiger partial charge in [0.1, 0.15) is 5.82 Å². The summed E-state index contributed by atoms with van der Waals surface area (Å²) in [7, 11) is 0. The van der Waals surface area contributed by atoms with Crippen LogP contribution in [0.1, 0.15) is 15.9 Å². The number of nitrogens with one attached hydrogen (secondary N) is 1. The molecule has 0 atom stereocenters. The van der Waals surface area contributed by atoms with Crippen LogP contribution in [0.25, 0.3) is 0 Å². The first-order valence-electron chi connectivity index (χ1n) is 5.49. The summed E-state index contributed by atoms with van der Waals surface area (Å²) in [6.07, 6.45) is 0. The smallest absolute Gasteiger partial charge is 0.255 e. The van der Waals surface area contributed by atoms with Crippen molar-refractivity contribution in [3.63, 3.8) is 0 Å². The van der Waals surface area contributed by atoms with Crippen LogP contribution in [-0.2, 0) is 0 Å². The Kier molecular flexibility index (Phi) is 4.37. The van der Waals surface area contributed by atoms with E-state index in [2.05, 4.69) is 37.2 Å². The first-order chi connectivity index (χ1) is 8.95. The molecule has 19 heavy (non-hydrogen) atoms. The van der Waals surface area contributed by atoms with Gasteiger partial charge in [-0.3, -0.25) is 4.79 Å². The van der Waals surface area contributed by atoms with Crippen molar-refractivity contribution in [3.8, 4) is 0 Å². The zero-order chi connectivity index (χ0) is 14.0. The van der Waals surface area contributed by atoms with Gasteiger partial charge in [0.2, 0.25) is 0 Å². The van der Waals surface area contributed by atoms with E-state index < -0.39 is 5.82 Å². The van der Waals surface area contributed by atoms with E-state index in [-0.39, 0.29) is 10.4 Å². The van der Waals surface area contributed by atoms with Gasteiger partial charge < -0.3 is 5.32 Å². The van der Waals surface area contributed by atoms with Gasteiger partial charge in [0.25, 0.3) is 5.91 Å². The first kappa shape index (κ1) is 14.2. The fourth-order valence-electron chi connectivity index (χ4n) is 1.65. The third-order valence-electron chi connectivity index (χ3n) is 2.48.